The van der Waals surface area contributed by atoms with Gasteiger partial charge in [0.05, 0.1) is 0 Å². The molecule has 1 rings (SSSR count). The molecule has 1 nitrogen and oxygen atoms in total. The van der Waals surface area contributed by atoms with Gasteiger partial charge in [0, 0.05) is 11.4 Å². The standard InChI is InChI=1S/C15H25N/c1-9(2)8-14-11(5)12(6)15(10(3)4)16-13(14)7/h9-10H,8H2,1-7H3. The first-order valence-electron chi connectivity index (χ1n) is 6.31. The molecule has 0 atom stereocenters. The van der Waals surface area contributed by atoms with Crippen LogP contribution in [0.15, 0.2) is 0 Å². The Balaban J connectivity index is 3.28. The summed E-state index contributed by atoms with van der Waals surface area (Å²) in [5.41, 5.74) is 6.78. The molecule has 1 aromatic rings. The van der Waals surface area contributed by atoms with Gasteiger partial charge < -0.3 is 0 Å². The third-order valence-corrected chi connectivity index (χ3v) is 3.28. The van der Waals surface area contributed by atoms with E-state index in [4.69, 9.17) is 4.98 Å². The molecule has 0 aliphatic rings. The molecular formula is C15H25N. The van der Waals surface area contributed by atoms with Gasteiger partial charge in [0.15, 0.2) is 0 Å². The lowest BCUT2D eigenvalue weighted by atomic mass is 9.91. The van der Waals surface area contributed by atoms with Gasteiger partial charge in [-0.1, -0.05) is 27.7 Å². The average molecular weight is 219 g/mol. The van der Waals surface area contributed by atoms with Crippen LogP contribution < -0.4 is 0 Å². The average Bonchev–Trinajstić information content (AvgIpc) is 2.17. The highest BCUT2D eigenvalue weighted by Gasteiger charge is 2.14. The number of rotatable bonds is 3. The maximum atomic E-state index is 4.79. The van der Waals surface area contributed by atoms with Crippen molar-refractivity contribution in [1.82, 2.24) is 4.98 Å². The van der Waals surface area contributed by atoms with Crippen LogP contribution in [0.1, 0.15) is 61.7 Å². The normalized spacial score (nSPS) is 11.6. The predicted octanol–water partition coefficient (Wildman–Crippen LogP) is 4.33. The van der Waals surface area contributed by atoms with Gasteiger partial charge in [0.25, 0.3) is 0 Å². The molecule has 90 valence electrons. The molecule has 0 radical (unpaired) electrons. The Bertz CT molecular complexity index is 376. The molecule has 0 amide bonds. The van der Waals surface area contributed by atoms with Gasteiger partial charge in [-0.2, -0.15) is 0 Å². The van der Waals surface area contributed by atoms with E-state index in [9.17, 15) is 0 Å². The molecule has 0 saturated heterocycles. The first kappa shape index (κ1) is 13.2. The fraction of sp³-hybridized carbons (Fsp3) is 0.667. The summed E-state index contributed by atoms with van der Waals surface area (Å²) in [4.78, 5) is 4.79. The molecule has 0 fully saturated rings. The Kier molecular flexibility index (Phi) is 4.12. The van der Waals surface area contributed by atoms with Gasteiger partial charge >= 0.3 is 0 Å². The fourth-order valence-electron chi connectivity index (χ4n) is 2.29. The monoisotopic (exact) mass is 219 g/mol. The summed E-state index contributed by atoms with van der Waals surface area (Å²) in [6, 6.07) is 0. The molecule has 0 unspecified atom stereocenters. The molecule has 0 aliphatic carbocycles. The number of hydrogen-bond acceptors (Lipinski definition) is 1. The number of hydrogen-bond donors (Lipinski definition) is 0. The Morgan fingerprint density at radius 2 is 1.50 bits per heavy atom. The van der Waals surface area contributed by atoms with Crippen molar-refractivity contribution in [3.8, 4) is 0 Å². The molecule has 0 aromatic carbocycles. The molecular weight excluding hydrogens is 194 g/mol. The van der Waals surface area contributed by atoms with Crippen LogP contribution in [0.2, 0.25) is 0 Å². The van der Waals surface area contributed by atoms with Crippen LogP contribution in [-0.4, -0.2) is 4.98 Å². The molecule has 1 heterocycles. The Morgan fingerprint density at radius 3 is 1.94 bits per heavy atom. The highest BCUT2D eigenvalue weighted by Crippen LogP contribution is 2.25. The third-order valence-electron chi connectivity index (χ3n) is 3.28. The molecule has 0 N–H and O–H groups in total. The van der Waals surface area contributed by atoms with E-state index in [1.807, 2.05) is 0 Å². The van der Waals surface area contributed by atoms with Crippen molar-refractivity contribution in [1.29, 1.82) is 0 Å². The van der Waals surface area contributed by atoms with Crippen molar-refractivity contribution in [2.24, 2.45) is 5.92 Å². The highest BCUT2D eigenvalue weighted by molar-refractivity contribution is 5.39. The minimum atomic E-state index is 0.519. The van der Waals surface area contributed by atoms with Crippen LogP contribution in [0.25, 0.3) is 0 Å². The van der Waals surface area contributed by atoms with Gasteiger partial charge in [-0.3, -0.25) is 4.98 Å². The largest absolute Gasteiger partial charge is 0.257 e. The summed E-state index contributed by atoms with van der Waals surface area (Å²) in [5.74, 6) is 1.22. The van der Waals surface area contributed by atoms with Crippen LogP contribution in [0.3, 0.4) is 0 Å². The van der Waals surface area contributed by atoms with Gasteiger partial charge in [0.1, 0.15) is 0 Å². The maximum Gasteiger partial charge on any atom is 0.0464 e. The van der Waals surface area contributed by atoms with Crippen molar-refractivity contribution < 1.29 is 0 Å². The topological polar surface area (TPSA) is 12.9 Å². The number of pyridine rings is 1. The lowest BCUT2D eigenvalue weighted by Gasteiger charge is -2.18. The van der Waals surface area contributed by atoms with E-state index < -0.39 is 0 Å². The van der Waals surface area contributed by atoms with Crippen LogP contribution in [0.4, 0.5) is 0 Å². The van der Waals surface area contributed by atoms with Gasteiger partial charge in [0.2, 0.25) is 0 Å². The Hall–Kier alpha value is -0.850. The zero-order valence-corrected chi connectivity index (χ0v) is 11.8. The molecule has 16 heavy (non-hydrogen) atoms. The first-order valence-corrected chi connectivity index (χ1v) is 6.31. The van der Waals surface area contributed by atoms with Crippen molar-refractivity contribution in [3.05, 3.63) is 28.1 Å². The SMILES string of the molecule is Cc1nc(C(C)C)c(C)c(C)c1CC(C)C. The molecule has 0 aliphatic heterocycles. The van der Waals surface area contributed by atoms with E-state index in [2.05, 4.69) is 48.5 Å². The zero-order valence-electron chi connectivity index (χ0n) is 11.8. The van der Waals surface area contributed by atoms with E-state index >= 15 is 0 Å². The molecule has 1 aromatic heterocycles. The summed E-state index contributed by atoms with van der Waals surface area (Å²) >= 11 is 0. The van der Waals surface area contributed by atoms with Crippen molar-refractivity contribution in [2.45, 2.75) is 60.8 Å². The van der Waals surface area contributed by atoms with Crippen molar-refractivity contribution in [2.75, 3.05) is 0 Å². The number of aryl methyl sites for hydroxylation is 1. The fourth-order valence-corrected chi connectivity index (χ4v) is 2.29. The van der Waals surface area contributed by atoms with E-state index in [0.29, 0.717) is 11.8 Å². The minimum Gasteiger partial charge on any atom is -0.257 e. The third kappa shape index (κ3) is 2.63. The molecule has 0 spiro atoms. The van der Waals surface area contributed by atoms with Crippen LogP contribution >= 0.6 is 0 Å². The second kappa shape index (κ2) is 4.99. The Labute approximate surface area is 100 Å². The van der Waals surface area contributed by atoms with Crippen LogP contribution in [0.5, 0.6) is 0 Å². The smallest absolute Gasteiger partial charge is 0.0464 e. The van der Waals surface area contributed by atoms with Crippen molar-refractivity contribution >= 4 is 0 Å². The van der Waals surface area contributed by atoms with Gasteiger partial charge in [-0.15, -0.1) is 0 Å². The van der Waals surface area contributed by atoms with Crippen molar-refractivity contribution in [3.63, 3.8) is 0 Å². The van der Waals surface area contributed by atoms with Crippen LogP contribution in [-0.2, 0) is 6.42 Å². The summed E-state index contributed by atoms with van der Waals surface area (Å²) in [6.45, 7) is 15.6. The lowest BCUT2D eigenvalue weighted by molar-refractivity contribution is 0.636. The molecule has 0 bridgehead atoms. The first-order chi connectivity index (χ1) is 7.34. The zero-order chi connectivity index (χ0) is 12.5. The lowest BCUT2D eigenvalue weighted by Crippen LogP contribution is -2.08. The van der Waals surface area contributed by atoms with E-state index in [1.54, 1.807) is 0 Å². The van der Waals surface area contributed by atoms with Gasteiger partial charge in [-0.05, 0) is 55.7 Å². The molecule has 0 saturated carbocycles. The Morgan fingerprint density at radius 1 is 0.938 bits per heavy atom. The van der Waals surface area contributed by atoms with E-state index in [0.717, 1.165) is 6.42 Å². The quantitative estimate of drug-likeness (QED) is 0.737. The number of aromatic nitrogens is 1. The highest BCUT2D eigenvalue weighted by atomic mass is 14.7. The second-order valence-corrected chi connectivity index (χ2v) is 5.56. The van der Waals surface area contributed by atoms with E-state index in [-0.39, 0.29) is 0 Å². The summed E-state index contributed by atoms with van der Waals surface area (Å²) < 4.78 is 0. The van der Waals surface area contributed by atoms with Gasteiger partial charge in [-0.25, -0.2) is 0 Å². The van der Waals surface area contributed by atoms with Crippen LogP contribution in [0, 0.1) is 26.7 Å². The molecule has 1 heteroatoms. The summed E-state index contributed by atoms with van der Waals surface area (Å²) in [7, 11) is 0. The predicted molar refractivity (Wildman–Crippen MR) is 71.1 cm³/mol. The summed E-state index contributed by atoms with van der Waals surface area (Å²) in [5, 5.41) is 0. The summed E-state index contributed by atoms with van der Waals surface area (Å²) in [6.07, 6.45) is 1.14. The van der Waals surface area contributed by atoms with E-state index in [1.165, 1.54) is 28.1 Å². The second-order valence-electron chi connectivity index (χ2n) is 5.56. The number of nitrogens with zero attached hydrogens (tertiary/aromatic N) is 1. The maximum absolute atomic E-state index is 4.79. The minimum absolute atomic E-state index is 0.519.